The molecule has 6 heteroatoms. The van der Waals surface area contributed by atoms with Gasteiger partial charge in [0.1, 0.15) is 11.5 Å². The molecule has 0 amide bonds. The lowest BCUT2D eigenvalue weighted by Crippen LogP contribution is -1.88. The molecule has 0 radical (unpaired) electrons. The summed E-state index contributed by atoms with van der Waals surface area (Å²) in [6.45, 7) is 0. The number of nitrogens with one attached hydrogen (secondary N) is 1. The van der Waals surface area contributed by atoms with E-state index in [1.165, 1.54) is 0 Å². The van der Waals surface area contributed by atoms with Gasteiger partial charge in [0, 0.05) is 10.6 Å². The van der Waals surface area contributed by atoms with E-state index in [9.17, 15) is 0 Å². The zero-order chi connectivity index (χ0) is 16.4. The Bertz CT molecular complexity index is 971. The van der Waals surface area contributed by atoms with Crippen LogP contribution in [0.25, 0.3) is 21.5 Å². The summed E-state index contributed by atoms with van der Waals surface area (Å²) < 4.78 is 6.88. The maximum atomic E-state index is 5.90. The topological polar surface area (TPSA) is 50.4 Å². The average Bonchev–Trinajstić information content (AvgIpc) is 3.22. The number of hydrogen-bond acceptors (Lipinski definition) is 5. The highest BCUT2D eigenvalue weighted by atomic mass is 35.5. The Balaban J connectivity index is 1.47. The van der Waals surface area contributed by atoms with Gasteiger partial charge in [0.25, 0.3) is 0 Å². The number of rotatable bonds is 4. The third kappa shape index (κ3) is 3.18. The summed E-state index contributed by atoms with van der Waals surface area (Å²) >= 11 is 7.45. The Hall–Kier alpha value is -2.63. The first-order valence-electron chi connectivity index (χ1n) is 7.28. The fraction of sp³-hybridized carbons (Fsp3) is 0. The van der Waals surface area contributed by atoms with Gasteiger partial charge in [-0.1, -0.05) is 35.1 Å². The van der Waals surface area contributed by atoms with E-state index in [1.54, 1.807) is 17.6 Å². The number of para-hydroxylation sites is 1. The van der Waals surface area contributed by atoms with E-state index < -0.39 is 0 Å². The highest BCUT2D eigenvalue weighted by Gasteiger charge is 2.04. The number of nitrogens with zero attached hydrogens (tertiary/aromatic N) is 2. The van der Waals surface area contributed by atoms with Gasteiger partial charge in [-0.15, -0.1) is 0 Å². The Labute approximate surface area is 147 Å². The molecular formula is C18H12ClN3OS. The molecule has 118 valence electrons. The summed E-state index contributed by atoms with van der Waals surface area (Å²) in [5.41, 5.74) is 4.87. The lowest BCUT2D eigenvalue weighted by atomic mass is 10.2. The summed E-state index contributed by atoms with van der Waals surface area (Å²) in [5.74, 6) is 1.43. The van der Waals surface area contributed by atoms with Gasteiger partial charge in [-0.2, -0.15) is 5.10 Å². The number of hydrogen-bond donors (Lipinski definition) is 1. The number of hydrazone groups is 1. The SMILES string of the molecule is Clc1ccc(-c2ccc(/C=N\Nc3nc4ccccc4s3)o2)cc1. The second kappa shape index (κ2) is 6.47. The third-order valence-electron chi connectivity index (χ3n) is 3.40. The maximum absolute atomic E-state index is 5.90. The lowest BCUT2D eigenvalue weighted by Gasteiger charge is -1.96. The number of thiazole rings is 1. The normalized spacial score (nSPS) is 11.4. The van der Waals surface area contributed by atoms with E-state index in [1.807, 2.05) is 60.7 Å². The van der Waals surface area contributed by atoms with Crippen LogP contribution in [0.5, 0.6) is 0 Å². The predicted octanol–water partition coefficient (Wildman–Crippen LogP) is 5.66. The fourth-order valence-electron chi connectivity index (χ4n) is 2.26. The van der Waals surface area contributed by atoms with Crippen LogP contribution in [0.3, 0.4) is 0 Å². The molecule has 0 spiro atoms. The standard InChI is InChI=1S/C18H12ClN3OS/c19-13-7-5-12(6-8-13)16-10-9-14(23-16)11-20-22-18-21-15-3-1-2-4-17(15)24-18/h1-11H,(H,21,22)/b20-11-. The quantitative estimate of drug-likeness (QED) is 0.380. The molecule has 2 heterocycles. The maximum Gasteiger partial charge on any atom is 0.204 e. The molecule has 0 aliphatic heterocycles. The number of halogens is 1. The van der Waals surface area contributed by atoms with Gasteiger partial charge >= 0.3 is 0 Å². The van der Waals surface area contributed by atoms with Crippen LogP contribution in [-0.4, -0.2) is 11.2 Å². The summed E-state index contributed by atoms with van der Waals surface area (Å²) in [6.07, 6.45) is 1.63. The van der Waals surface area contributed by atoms with E-state index in [0.717, 1.165) is 26.7 Å². The molecule has 4 nitrogen and oxygen atoms in total. The second-order valence-electron chi connectivity index (χ2n) is 5.07. The van der Waals surface area contributed by atoms with Crippen molar-refractivity contribution >= 4 is 44.5 Å². The Kier molecular flexibility index (Phi) is 4.02. The zero-order valence-electron chi connectivity index (χ0n) is 12.4. The molecule has 0 aliphatic rings. The minimum atomic E-state index is 0.661. The van der Waals surface area contributed by atoms with Crippen LogP contribution < -0.4 is 5.43 Å². The van der Waals surface area contributed by atoms with Crippen molar-refractivity contribution in [1.82, 2.24) is 4.98 Å². The molecule has 2 aromatic carbocycles. The fourth-order valence-corrected chi connectivity index (χ4v) is 3.20. The molecule has 0 atom stereocenters. The van der Waals surface area contributed by atoms with Crippen LogP contribution in [0, 0.1) is 0 Å². The number of benzene rings is 2. The largest absolute Gasteiger partial charge is 0.455 e. The predicted molar refractivity (Wildman–Crippen MR) is 100.0 cm³/mol. The minimum absolute atomic E-state index is 0.661. The van der Waals surface area contributed by atoms with Crippen LogP contribution in [0.2, 0.25) is 5.02 Å². The van der Waals surface area contributed by atoms with Gasteiger partial charge in [-0.05, 0) is 48.5 Å². The Morgan fingerprint density at radius 2 is 1.88 bits per heavy atom. The van der Waals surface area contributed by atoms with Gasteiger partial charge in [-0.3, -0.25) is 5.43 Å². The number of furan rings is 1. The molecule has 0 unspecified atom stereocenters. The molecule has 24 heavy (non-hydrogen) atoms. The zero-order valence-corrected chi connectivity index (χ0v) is 14.0. The molecule has 0 fully saturated rings. The van der Waals surface area contributed by atoms with Crippen molar-refractivity contribution in [3.63, 3.8) is 0 Å². The van der Waals surface area contributed by atoms with Crippen LogP contribution in [0.4, 0.5) is 5.13 Å². The molecule has 1 N–H and O–H groups in total. The van der Waals surface area contributed by atoms with Crippen molar-refractivity contribution in [3.05, 3.63) is 71.4 Å². The number of aromatic nitrogens is 1. The van der Waals surface area contributed by atoms with Gasteiger partial charge < -0.3 is 4.42 Å². The smallest absolute Gasteiger partial charge is 0.204 e. The number of anilines is 1. The summed E-state index contributed by atoms with van der Waals surface area (Å²) in [4.78, 5) is 4.46. The first-order valence-corrected chi connectivity index (χ1v) is 8.48. The van der Waals surface area contributed by atoms with E-state index in [0.29, 0.717) is 10.8 Å². The summed E-state index contributed by atoms with van der Waals surface area (Å²) in [5, 5.41) is 5.63. The van der Waals surface area contributed by atoms with Gasteiger partial charge in [-0.25, -0.2) is 4.98 Å². The monoisotopic (exact) mass is 353 g/mol. The van der Waals surface area contributed by atoms with Crippen LogP contribution in [-0.2, 0) is 0 Å². The molecular weight excluding hydrogens is 342 g/mol. The average molecular weight is 354 g/mol. The Morgan fingerprint density at radius 3 is 2.71 bits per heavy atom. The number of fused-ring (bicyclic) bond motifs is 1. The van der Waals surface area contributed by atoms with Crippen molar-refractivity contribution in [3.8, 4) is 11.3 Å². The highest BCUT2D eigenvalue weighted by molar-refractivity contribution is 7.22. The molecule has 4 rings (SSSR count). The Morgan fingerprint density at radius 1 is 1.04 bits per heavy atom. The van der Waals surface area contributed by atoms with Gasteiger partial charge in [0.05, 0.1) is 16.4 Å². The lowest BCUT2D eigenvalue weighted by molar-refractivity contribution is 0.575. The second-order valence-corrected chi connectivity index (χ2v) is 6.53. The third-order valence-corrected chi connectivity index (χ3v) is 4.59. The summed E-state index contributed by atoms with van der Waals surface area (Å²) in [7, 11) is 0. The van der Waals surface area contributed by atoms with Crippen LogP contribution in [0.1, 0.15) is 5.76 Å². The molecule has 2 aromatic heterocycles. The minimum Gasteiger partial charge on any atom is -0.455 e. The highest BCUT2D eigenvalue weighted by Crippen LogP contribution is 2.26. The van der Waals surface area contributed by atoms with E-state index >= 15 is 0 Å². The van der Waals surface area contributed by atoms with Crippen LogP contribution >= 0.6 is 22.9 Å². The van der Waals surface area contributed by atoms with E-state index in [4.69, 9.17) is 16.0 Å². The molecule has 4 aromatic rings. The van der Waals surface area contributed by atoms with Gasteiger partial charge in [0.2, 0.25) is 5.13 Å². The molecule has 0 aliphatic carbocycles. The van der Waals surface area contributed by atoms with Crippen molar-refractivity contribution in [1.29, 1.82) is 0 Å². The molecule has 0 saturated heterocycles. The first kappa shape index (κ1) is 14.9. The van der Waals surface area contributed by atoms with Crippen molar-refractivity contribution < 1.29 is 4.42 Å². The summed E-state index contributed by atoms with van der Waals surface area (Å²) in [6, 6.07) is 19.3. The van der Waals surface area contributed by atoms with Crippen molar-refractivity contribution in [2.24, 2.45) is 5.10 Å². The van der Waals surface area contributed by atoms with Crippen molar-refractivity contribution in [2.75, 3.05) is 5.43 Å². The van der Waals surface area contributed by atoms with E-state index in [-0.39, 0.29) is 0 Å². The van der Waals surface area contributed by atoms with Crippen LogP contribution in [0.15, 0.2) is 70.2 Å². The molecule has 0 saturated carbocycles. The van der Waals surface area contributed by atoms with E-state index in [2.05, 4.69) is 15.5 Å². The first-order chi connectivity index (χ1) is 11.8. The molecule has 0 bridgehead atoms. The van der Waals surface area contributed by atoms with Gasteiger partial charge in [0.15, 0.2) is 0 Å². The van der Waals surface area contributed by atoms with Crippen molar-refractivity contribution in [2.45, 2.75) is 0 Å².